The standard InChI is InChI=1S/C42H78N2O5/c1-3-5-7-9-11-12-13-14-15-16-17-18-19-20-21-22-24-30-36-41(46)49-38(32-27-23-10-8-6-4-2)33-28-25-26-29-35-40(45)44-39(42(47)48)34-31-37-43/h15-16,27,32,38-39H,3-14,17-26,28-31,33-37,43H2,1-2H3,(H,44,45)(H,47,48)/b16-15-,32-27-. The molecule has 0 saturated heterocycles. The van der Waals surface area contributed by atoms with Gasteiger partial charge in [0.1, 0.15) is 12.1 Å². The second-order valence-electron chi connectivity index (χ2n) is 14.0. The Kier molecular flexibility index (Phi) is 35.5. The molecule has 0 aromatic rings. The Morgan fingerprint density at radius 3 is 1.61 bits per heavy atom. The van der Waals surface area contributed by atoms with Crippen LogP contribution in [0.15, 0.2) is 24.3 Å². The van der Waals surface area contributed by atoms with Crippen LogP contribution < -0.4 is 11.1 Å². The summed E-state index contributed by atoms with van der Waals surface area (Å²) in [7, 11) is 0. The molecule has 0 aliphatic heterocycles. The number of allylic oxidation sites excluding steroid dienone is 3. The van der Waals surface area contributed by atoms with E-state index in [1.807, 2.05) is 0 Å². The number of ether oxygens (including phenoxy) is 1. The second kappa shape index (κ2) is 37.1. The molecule has 1 amide bonds. The number of unbranched alkanes of at least 4 members (excludes halogenated alkanes) is 21. The Bertz CT molecular complexity index is 828. The van der Waals surface area contributed by atoms with Gasteiger partial charge in [0, 0.05) is 12.8 Å². The van der Waals surface area contributed by atoms with Crippen LogP contribution in [0, 0.1) is 0 Å². The number of carboxylic acids is 1. The maximum absolute atomic E-state index is 12.7. The minimum atomic E-state index is -1.01. The lowest BCUT2D eigenvalue weighted by molar-refractivity contribution is -0.147. The molecule has 286 valence electrons. The largest absolute Gasteiger partial charge is 0.480 e. The van der Waals surface area contributed by atoms with Crippen molar-refractivity contribution in [2.45, 2.75) is 219 Å². The monoisotopic (exact) mass is 691 g/mol. The van der Waals surface area contributed by atoms with E-state index in [-0.39, 0.29) is 18.0 Å². The Morgan fingerprint density at radius 1 is 0.592 bits per heavy atom. The summed E-state index contributed by atoms with van der Waals surface area (Å²) in [6.07, 6.45) is 41.0. The van der Waals surface area contributed by atoms with E-state index in [1.54, 1.807) is 0 Å². The zero-order valence-corrected chi connectivity index (χ0v) is 32.0. The highest BCUT2D eigenvalue weighted by Crippen LogP contribution is 2.16. The molecule has 0 aromatic heterocycles. The molecule has 0 bridgehead atoms. The van der Waals surface area contributed by atoms with E-state index in [0.717, 1.165) is 51.4 Å². The predicted molar refractivity (Wildman–Crippen MR) is 207 cm³/mol. The molecule has 0 spiro atoms. The zero-order valence-electron chi connectivity index (χ0n) is 32.0. The third kappa shape index (κ3) is 34.1. The molecule has 7 nitrogen and oxygen atoms in total. The van der Waals surface area contributed by atoms with Gasteiger partial charge in [0.05, 0.1) is 0 Å². The average Bonchev–Trinajstić information content (AvgIpc) is 3.08. The van der Waals surface area contributed by atoms with E-state index < -0.39 is 12.0 Å². The number of amides is 1. The molecular weight excluding hydrogens is 612 g/mol. The zero-order chi connectivity index (χ0) is 36.0. The first-order valence-electron chi connectivity index (χ1n) is 20.7. The van der Waals surface area contributed by atoms with Crippen LogP contribution in [0.25, 0.3) is 0 Å². The summed E-state index contributed by atoms with van der Waals surface area (Å²) in [5, 5.41) is 11.9. The van der Waals surface area contributed by atoms with Gasteiger partial charge < -0.3 is 20.9 Å². The molecule has 0 aliphatic rings. The van der Waals surface area contributed by atoms with Gasteiger partial charge in [-0.3, -0.25) is 9.59 Å². The number of nitrogens with one attached hydrogen (secondary N) is 1. The minimum Gasteiger partial charge on any atom is -0.480 e. The van der Waals surface area contributed by atoms with Gasteiger partial charge >= 0.3 is 11.9 Å². The molecule has 49 heavy (non-hydrogen) atoms. The van der Waals surface area contributed by atoms with Gasteiger partial charge in [-0.1, -0.05) is 135 Å². The first kappa shape index (κ1) is 46.9. The molecule has 4 N–H and O–H groups in total. The summed E-state index contributed by atoms with van der Waals surface area (Å²) in [6.45, 7) is 4.89. The number of hydrogen-bond acceptors (Lipinski definition) is 5. The average molecular weight is 691 g/mol. The van der Waals surface area contributed by atoms with E-state index in [2.05, 4.69) is 43.5 Å². The van der Waals surface area contributed by atoms with Crippen LogP contribution in [0.3, 0.4) is 0 Å². The van der Waals surface area contributed by atoms with Gasteiger partial charge in [0.15, 0.2) is 0 Å². The lowest BCUT2D eigenvalue weighted by Crippen LogP contribution is -2.40. The molecule has 0 heterocycles. The number of carbonyl (C=O) groups is 3. The first-order chi connectivity index (χ1) is 23.9. The van der Waals surface area contributed by atoms with Crippen LogP contribution in [-0.4, -0.2) is 41.6 Å². The van der Waals surface area contributed by atoms with E-state index in [0.29, 0.717) is 38.6 Å². The lowest BCUT2D eigenvalue weighted by Gasteiger charge is -2.15. The normalized spacial score (nSPS) is 12.9. The molecule has 2 unspecified atom stereocenters. The highest BCUT2D eigenvalue weighted by molar-refractivity contribution is 5.83. The fourth-order valence-corrected chi connectivity index (χ4v) is 6.06. The molecule has 0 rings (SSSR count). The maximum atomic E-state index is 12.7. The van der Waals surface area contributed by atoms with Crippen molar-refractivity contribution in [1.82, 2.24) is 5.32 Å². The van der Waals surface area contributed by atoms with E-state index in [4.69, 9.17) is 10.5 Å². The number of carbonyl (C=O) groups excluding carboxylic acids is 2. The summed E-state index contributed by atoms with van der Waals surface area (Å²) < 4.78 is 5.89. The molecule has 7 heteroatoms. The third-order valence-corrected chi connectivity index (χ3v) is 9.22. The quantitative estimate of drug-likeness (QED) is 0.0339. The summed E-state index contributed by atoms with van der Waals surface area (Å²) in [5.41, 5.74) is 5.47. The Morgan fingerprint density at radius 2 is 1.06 bits per heavy atom. The van der Waals surface area contributed by atoms with Crippen molar-refractivity contribution in [3.8, 4) is 0 Å². The van der Waals surface area contributed by atoms with Crippen LogP contribution in [0.5, 0.6) is 0 Å². The summed E-state index contributed by atoms with van der Waals surface area (Å²) in [4.78, 5) is 36.2. The van der Waals surface area contributed by atoms with E-state index in [1.165, 1.54) is 109 Å². The summed E-state index contributed by atoms with van der Waals surface area (Å²) in [6, 6.07) is -0.868. The molecule has 0 aromatic carbocycles. The highest BCUT2D eigenvalue weighted by atomic mass is 16.5. The number of hydrogen-bond donors (Lipinski definition) is 3. The molecule has 0 saturated carbocycles. The van der Waals surface area contributed by atoms with E-state index in [9.17, 15) is 19.5 Å². The Labute approximate surface area is 302 Å². The van der Waals surface area contributed by atoms with Gasteiger partial charge in [0.2, 0.25) is 5.91 Å². The molecule has 2 atom stereocenters. The van der Waals surface area contributed by atoms with E-state index >= 15 is 0 Å². The van der Waals surface area contributed by atoms with Crippen molar-refractivity contribution >= 4 is 17.8 Å². The van der Waals surface area contributed by atoms with Gasteiger partial charge in [0.25, 0.3) is 0 Å². The van der Waals surface area contributed by atoms with Crippen LogP contribution in [0.4, 0.5) is 0 Å². The van der Waals surface area contributed by atoms with Crippen LogP contribution in [0.1, 0.15) is 206 Å². The molecule has 0 aliphatic carbocycles. The molecule has 0 radical (unpaired) electrons. The van der Waals surface area contributed by atoms with Crippen molar-refractivity contribution in [3.05, 3.63) is 24.3 Å². The SMILES string of the molecule is CCCCCC/C=C\C(CCCCCCC(=O)NC(CCCN)C(=O)O)OC(=O)CCCCCCCCC/C=C\CCCCCCCCC. The Balaban J connectivity index is 4.13. The molecular formula is C42H78N2O5. The minimum absolute atomic E-state index is 0.0943. The number of nitrogens with two attached hydrogens (primary N) is 1. The third-order valence-electron chi connectivity index (χ3n) is 9.22. The van der Waals surface area contributed by atoms with Gasteiger partial charge in [-0.15, -0.1) is 0 Å². The number of esters is 1. The van der Waals surface area contributed by atoms with Crippen LogP contribution in [-0.2, 0) is 19.1 Å². The van der Waals surface area contributed by atoms with Crippen molar-refractivity contribution in [3.63, 3.8) is 0 Å². The summed E-state index contributed by atoms with van der Waals surface area (Å²) >= 11 is 0. The van der Waals surface area contributed by atoms with Crippen molar-refractivity contribution in [2.24, 2.45) is 5.73 Å². The van der Waals surface area contributed by atoms with Crippen molar-refractivity contribution < 1.29 is 24.2 Å². The highest BCUT2D eigenvalue weighted by Gasteiger charge is 2.19. The van der Waals surface area contributed by atoms with Crippen LogP contribution in [0.2, 0.25) is 0 Å². The fourth-order valence-electron chi connectivity index (χ4n) is 6.06. The number of aliphatic carboxylic acids is 1. The van der Waals surface area contributed by atoms with Crippen molar-refractivity contribution in [1.29, 1.82) is 0 Å². The van der Waals surface area contributed by atoms with Crippen molar-refractivity contribution in [2.75, 3.05) is 6.54 Å². The fraction of sp³-hybridized carbons (Fsp3) is 0.833. The second-order valence-corrected chi connectivity index (χ2v) is 14.0. The molecule has 0 fully saturated rings. The smallest absolute Gasteiger partial charge is 0.326 e. The topological polar surface area (TPSA) is 119 Å². The number of carboxylic acid groups (broad SMARTS) is 1. The maximum Gasteiger partial charge on any atom is 0.326 e. The van der Waals surface area contributed by atoms with Gasteiger partial charge in [-0.2, -0.15) is 0 Å². The first-order valence-corrected chi connectivity index (χ1v) is 20.7. The van der Waals surface area contributed by atoms with Crippen LogP contribution >= 0.6 is 0 Å². The number of rotatable bonds is 37. The lowest BCUT2D eigenvalue weighted by atomic mass is 10.1. The predicted octanol–water partition coefficient (Wildman–Crippen LogP) is 11.3. The van der Waals surface area contributed by atoms with Gasteiger partial charge in [-0.25, -0.2) is 4.79 Å². The summed E-state index contributed by atoms with van der Waals surface area (Å²) in [5.74, 6) is -1.33. The Hall–Kier alpha value is -2.15. The van der Waals surface area contributed by atoms with Gasteiger partial charge in [-0.05, 0) is 89.7 Å².